The Balaban J connectivity index is 1.27. The lowest BCUT2D eigenvalue weighted by molar-refractivity contribution is -0.0320. The molecule has 0 radical (unpaired) electrons. The molecule has 2 N–H and O–H groups in total. The van der Waals surface area contributed by atoms with E-state index in [-0.39, 0.29) is 0 Å². The lowest BCUT2D eigenvalue weighted by Gasteiger charge is -2.22. The van der Waals surface area contributed by atoms with Gasteiger partial charge in [0.05, 0.1) is 12.7 Å². The smallest absolute Gasteiger partial charge is 0.190 e. The fourth-order valence-electron chi connectivity index (χ4n) is 3.31. The fourth-order valence-corrected chi connectivity index (χ4v) is 3.31. The summed E-state index contributed by atoms with van der Waals surface area (Å²) < 4.78 is 16.8. The Hall–Kier alpha value is -1.79. The highest BCUT2D eigenvalue weighted by Crippen LogP contribution is 2.25. The second-order valence-electron chi connectivity index (χ2n) is 6.75. The summed E-state index contributed by atoms with van der Waals surface area (Å²) >= 11 is 0. The molecular formula is C20H31N3O3. The molecule has 2 heterocycles. The Morgan fingerprint density at radius 3 is 2.88 bits per heavy atom. The highest BCUT2D eigenvalue weighted by atomic mass is 16.5. The van der Waals surface area contributed by atoms with Gasteiger partial charge in [0.2, 0.25) is 0 Å². The number of fused-ring (bicyclic) bond motifs is 1. The Labute approximate surface area is 156 Å². The summed E-state index contributed by atoms with van der Waals surface area (Å²) in [5.74, 6) is 1.89. The zero-order valence-electron chi connectivity index (χ0n) is 15.8. The standard InChI is InChI=1S/C20H31N3O3/c1-21-20(22-9-2-11-25-18-7-12-24-13-8-18)23-10-5-16-3-4-19-17(15-16)6-14-26-19/h3-4,15,18H,2,5-14H2,1H3,(H2,21,22,23). The Morgan fingerprint density at radius 1 is 1.19 bits per heavy atom. The molecular weight excluding hydrogens is 330 g/mol. The normalized spacial score (nSPS) is 17.7. The average molecular weight is 361 g/mol. The lowest BCUT2D eigenvalue weighted by Crippen LogP contribution is -2.39. The van der Waals surface area contributed by atoms with Crippen molar-refractivity contribution in [2.45, 2.75) is 38.2 Å². The van der Waals surface area contributed by atoms with Gasteiger partial charge in [0, 0.05) is 46.4 Å². The zero-order valence-corrected chi connectivity index (χ0v) is 15.8. The largest absolute Gasteiger partial charge is 0.493 e. The van der Waals surface area contributed by atoms with Gasteiger partial charge in [-0.3, -0.25) is 4.99 Å². The van der Waals surface area contributed by atoms with E-state index < -0.39 is 0 Å². The monoisotopic (exact) mass is 361 g/mol. The van der Waals surface area contributed by atoms with Crippen molar-refractivity contribution in [3.05, 3.63) is 29.3 Å². The quantitative estimate of drug-likeness (QED) is 0.421. The molecule has 1 aromatic carbocycles. The van der Waals surface area contributed by atoms with Crippen molar-refractivity contribution in [2.75, 3.05) is 46.6 Å². The van der Waals surface area contributed by atoms with Crippen molar-refractivity contribution in [1.82, 2.24) is 10.6 Å². The van der Waals surface area contributed by atoms with Crippen LogP contribution in [0.2, 0.25) is 0 Å². The second-order valence-corrected chi connectivity index (χ2v) is 6.75. The molecule has 0 unspecified atom stereocenters. The molecule has 1 aromatic rings. The van der Waals surface area contributed by atoms with E-state index in [4.69, 9.17) is 14.2 Å². The SMILES string of the molecule is CN=C(NCCCOC1CCOCC1)NCCc1ccc2c(c1)CCO2. The summed E-state index contributed by atoms with van der Waals surface area (Å²) in [6, 6.07) is 6.49. The van der Waals surface area contributed by atoms with Crippen LogP contribution in [0.1, 0.15) is 30.4 Å². The van der Waals surface area contributed by atoms with Gasteiger partial charge in [-0.05, 0) is 42.9 Å². The molecule has 0 spiro atoms. The third-order valence-corrected chi connectivity index (χ3v) is 4.82. The van der Waals surface area contributed by atoms with Gasteiger partial charge in [-0.1, -0.05) is 12.1 Å². The summed E-state index contributed by atoms with van der Waals surface area (Å²) in [6.07, 6.45) is 5.38. The molecule has 1 fully saturated rings. The first-order valence-electron chi connectivity index (χ1n) is 9.73. The van der Waals surface area contributed by atoms with Gasteiger partial charge in [-0.2, -0.15) is 0 Å². The van der Waals surface area contributed by atoms with Crippen LogP contribution in [0.25, 0.3) is 0 Å². The summed E-state index contributed by atoms with van der Waals surface area (Å²) in [4.78, 5) is 4.28. The topological polar surface area (TPSA) is 64.1 Å². The van der Waals surface area contributed by atoms with Crippen molar-refractivity contribution in [2.24, 2.45) is 4.99 Å². The number of hydrogen-bond acceptors (Lipinski definition) is 4. The molecule has 0 aromatic heterocycles. The highest BCUT2D eigenvalue weighted by Gasteiger charge is 2.13. The van der Waals surface area contributed by atoms with Gasteiger partial charge in [0.1, 0.15) is 5.75 Å². The van der Waals surface area contributed by atoms with Gasteiger partial charge in [-0.15, -0.1) is 0 Å². The van der Waals surface area contributed by atoms with Crippen molar-refractivity contribution in [3.63, 3.8) is 0 Å². The van der Waals surface area contributed by atoms with Crippen molar-refractivity contribution >= 4 is 5.96 Å². The predicted molar refractivity (Wildman–Crippen MR) is 103 cm³/mol. The van der Waals surface area contributed by atoms with Crippen LogP contribution in [0.3, 0.4) is 0 Å². The molecule has 0 aliphatic carbocycles. The first kappa shape index (κ1) is 19.0. The highest BCUT2D eigenvalue weighted by molar-refractivity contribution is 5.79. The molecule has 0 bridgehead atoms. The van der Waals surface area contributed by atoms with Crippen LogP contribution in [0.4, 0.5) is 0 Å². The minimum atomic E-state index is 0.374. The minimum Gasteiger partial charge on any atom is -0.493 e. The van der Waals surface area contributed by atoms with Crippen molar-refractivity contribution in [3.8, 4) is 5.75 Å². The molecule has 6 heteroatoms. The number of aliphatic imine (C=N–C) groups is 1. The van der Waals surface area contributed by atoms with Crippen LogP contribution in [-0.2, 0) is 22.3 Å². The Morgan fingerprint density at radius 2 is 2.04 bits per heavy atom. The van der Waals surface area contributed by atoms with E-state index in [2.05, 4.69) is 33.8 Å². The van der Waals surface area contributed by atoms with Gasteiger partial charge in [-0.25, -0.2) is 0 Å². The van der Waals surface area contributed by atoms with E-state index in [0.29, 0.717) is 6.10 Å². The van der Waals surface area contributed by atoms with Crippen LogP contribution >= 0.6 is 0 Å². The van der Waals surface area contributed by atoms with Crippen LogP contribution in [0, 0.1) is 0 Å². The van der Waals surface area contributed by atoms with Crippen LogP contribution in [0.5, 0.6) is 5.75 Å². The van der Waals surface area contributed by atoms with Crippen molar-refractivity contribution < 1.29 is 14.2 Å². The van der Waals surface area contributed by atoms with E-state index in [1.165, 1.54) is 11.1 Å². The zero-order chi connectivity index (χ0) is 18.0. The van der Waals surface area contributed by atoms with Crippen LogP contribution < -0.4 is 15.4 Å². The fraction of sp³-hybridized carbons (Fsp3) is 0.650. The Kier molecular flexibility index (Phi) is 7.58. The van der Waals surface area contributed by atoms with E-state index >= 15 is 0 Å². The first-order chi connectivity index (χ1) is 12.8. The Bertz CT molecular complexity index is 586. The molecule has 3 rings (SSSR count). The van der Waals surface area contributed by atoms with Gasteiger partial charge in [0.25, 0.3) is 0 Å². The molecule has 2 aliphatic rings. The number of ether oxygens (including phenoxy) is 3. The number of nitrogens with one attached hydrogen (secondary N) is 2. The third-order valence-electron chi connectivity index (χ3n) is 4.82. The predicted octanol–water partition coefficient (Wildman–Crippen LogP) is 1.91. The number of benzene rings is 1. The van der Waals surface area contributed by atoms with E-state index in [1.807, 2.05) is 0 Å². The maximum Gasteiger partial charge on any atom is 0.190 e. The molecule has 26 heavy (non-hydrogen) atoms. The number of hydrogen-bond donors (Lipinski definition) is 2. The molecule has 2 aliphatic heterocycles. The lowest BCUT2D eigenvalue weighted by atomic mass is 10.1. The van der Waals surface area contributed by atoms with E-state index in [1.54, 1.807) is 7.05 Å². The summed E-state index contributed by atoms with van der Waals surface area (Å²) in [5, 5.41) is 6.73. The van der Waals surface area contributed by atoms with Crippen LogP contribution in [0.15, 0.2) is 23.2 Å². The maximum absolute atomic E-state index is 5.88. The van der Waals surface area contributed by atoms with Gasteiger partial charge < -0.3 is 24.8 Å². The van der Waals surface area contributed by atoms with Crippen molar-refractivity contribution in [1.29, 1.82) is 0 Å². The molecule has 0 atom stereocenters. The van der Waals surface area contributed by atoms with E-state index in [9.17, 15) is 0 Å². The van der Waals surface area contributed by atoms with E-state index in [0.717, 1.165) is 83.3 Å². The summed E-state index contributed by atoms with van der Waals surface area (Å²) in [5.41, 5.74) is 2.66. The number of rotatable bonds is 8. The first-order valence-corrected chi connectivity index (χ1v) is 9.73. The summed E-state index contributed by atoms with van der Waals surface area (Å²) in [7, 11) is 1.81. The average Bonchev–Trinajstić information content (AvgIpc) is 3.15. The molecule has 0 saturated carbocycles. The van der Waals surface area contributed by atoms with Crippen LogP contribution in [-0.4, -0.2) is 58.6 Å². The molecule has 144 valence electrons. The number of nitrogens with zero attached hydrogens (tertiary/aromatic N) is 1. The molecule has 6 nitrogen and oxygen atoms in total. The van der Waals surface area contributed by atoms with Gasteiger partial charge in [0.15, 0.2) is 5.96 Å². The van der Waals surface area contributed by atoms with Gasteiger partial charge >= 0.3 is 0 Å². The number of guanidine groups is 1. The second kappa shape index (κ2) is 10.4. The molecule has 1 saturated heterocycles. The summed E-state index contributed by atoms with van der Waals surface area (Å²) in [6.45, 7) is 4.97. The minimum absolute atomic E-state index is 0.374. The third kappa shape index (κ3) is 5.88. The maximum atomic E-state index is 5.88. The molecule has 0 amide bonds.